The van der Waals surface area contributed by atoms with Gasteiger partial charge in [-0.3, -0.25) is 0 Å². The molecule has 2 atom stereocenters. The maximum absolute atomic E-state index is 9.19. The lowest BCUT2D eigenvalue weighted by Gasteiger charge is -2.23. The topological polar surface area (TPSA) is 40.5 Å². The van der Waals surface area contributed by atoms with Gasteiger partial charge in [0, 0.05) is 5.41 Å². The van der Waals surface area contributed by atoms with Gasteiger partial charge in [0.15, 0.2) is 0 Å². The Balaban J connectivity index is 2.61. The third kappa shape index (κ3) is 1.64. The summed E-state index contributed by atoms with van der Waals surface area (Å²) in [6.07, 6.45) is 3.15. The lowest BCUT2D eigenvalue weighted by atomic mass is 9.87. The second kappa shape index (κ2) is 3.75. The van der Waals surface area contributed by atoms with Gasteiger partial charge in [-0.1, -0.05) is 20.3 Å². The van der Waals surface area contributed by atoms with E-state index in [0.29, 0.717) is 11.8 Å². The van der Waals surface area contributed by atoms with Gasteiger partial charge in [0.25, 0.3) is 0 Å². The summed E-state index contributed by atoms with van der Waals surface area (Å²) in [7, 11) is 0. The van der Waals surface area contributed by atoms with E-state index in [0.717, 1.165) is 12.8 Å². The zero-order valence-electron chi connectivity index (χ0n) is 8.08. The summed E-state index contributed by atoms with van der Waals surface area (Å²) in [6.45, 7) is 4.70. The van der Waals surface area contributed by atoms with Gasteiger partial charge in [0.05, 0.1) is 13.2 Å². The Morgan fingerprint density at radius 1 is 1.25 bits per heavy atom. The molecule has 2 heteroatoms. The maximum atomic E-state index is 9.19. The number of hydrogen-bond acceptors (Lipinski definition) is 2. The van der Waals surface area contributed by atoms with E-state index in [1.807, 2.05) is 0 Å². The van der Waals surface area contributed by atoms with Crippen molar-refractivity contribution in [1.82, 2.24) is 0 Å². The Labute approximate surface area is 74.6 Å². The summed E-state index contributed by atoms with van der Waals surface area (Å²) in [5.74, 6) is 1.36. The molecule has 0 bridgehead atoms. The number of aliphatic hydroxyl groups excluding tert-OH is 2. The molecule has 0 aromatic rings. The average Bonchev–Trinajstić information content (AvgIpc) is 2.43. The molecule has 0 saturated heterocycles. The van der Waals surface area contributed by atoms with Crippen molar-refractivity contribution in [3.63, 3.8) is 0 Å². The van der Waals surface area contributed by atoms with Crippen LogP contribution in [0.3, 0.4) is 0 Å². The molecular formula is C10H20O2. The van der Waals surface area contributed by atoms with Crippen LogP contribution in [0, 0.1) is 17.3 Å². The minimum absolute atomic E-state index is 0.143. The van der Waals surface area contributed by atoms with Crippen molar-refractivity contribution in [2.45, 2.75) is 33.1 Å². The Hall–Kier alpha value is -0.0800. The molecule has 1 aliphatic rings. The van der Waals surface area contributed by atoms with E-state index in [2.05, 4.69) is 13.8 Å². The molecule has 0 aromatic heterocycles. The van der Waals surface area contributed by atoms with Crippen LogP contribution in [0.5, 0.6) is 0 Å². The third-order valence-electron chi connectivity index (χ3n) is 3.45. The van der Waals surface area contributed by atoms with Gasteiger partial charge in [-0.2, -0.15) is 0 Å². The molecule has 0 unspecified atom stereocenters. The molecule has 1 aliphatic carbocycles. The molecule has 0 heterocycles. The summed E-state index contributed by atoms with van der Waals surface area (Å²) >= 11 is 0. The fourth-order valence-corrected chi connectivity index (χ4v) is 2.55. The highest BCUT2D eigenvalue weighted by Gasteiger charge is 2.41. The molecule has 0 aromatic carbocycles. The van der Waals surface area contributed by atoms with Crippen molar-refractivity contribution >= 4 is 0 Å². The van der Waals surface area contributed by atoms with Crippen LogP contribution in [0.4, 0.5) is 0 Å². The van der Waals surface area contributed by atoms with E-state index < -0.39 is 0 Å². The minimum Gasteiger partial charge on any atom is -0.396 e. The monoisotopic (exact) mass is 172 g/mol. The van der Waals surface area contributed by atoms with Crippen LogP contribution in [0.15, 0.2) is 0 Å². The highest BCUT2D eigenvalue weighted by Crippen LogP contribution is 2.46. The number of aliphatic hydroxyl groups is 2. The first-order valence-electron chi connectivity index (χ1n) is 4.89. The molecule has 0 aliphatic heterocycles. The van der Waals surface area contributed by atoms with E-state index in [1.165, 1.54) is 6.42 Å². The van der Waals surface area contributed by atoms with Crippen LogP contribution in [0.25, 0.3) is 0 Å². The Morgan fingerprint density at radius 2 is 1.83 bits per heavy atom. The lowest BCUT2D eigenvalue weighted by molar-refractivity contribution is 0.0552. The van der Waals surface area contributed by atoms with Gasteiger partial charge in [-0.25, -0.2) is 0 Å². The van der Waals surface area contributed by atoms with E-state index in [1.54, 1.807) is 0 Å². The van der Waals surface area contributed by atoms with Gasteiger partial charge in [0.1, 0.15) is 0 Å². The van der Waals surface area contributed by atoms with Crippen LogP contribution in [-0.4, -0.2) is 23.4 Å². The molecule has 2 N–H and O–H groups in total. The average molecular weight is 172 g/mol. The molecule has 0 radical (unpaired) electrons. The summed E-state index contributed by atoms with van der Waals surface area (Å²) in [5.41, 5.74) is -0.167. The van der Waals surface area contributed by atoms with Crippen molar-refractivity contribution in [2.24, 2.45) is 17.3 Å². The summed E-state index contributed by atoms with van der Waals surface area (Å²) in [6, 6.07) is 0. The predicted octanol–water partition coefficient (Wildman–Crippen LogP) is 1.41. The van der Waals surface area contributed by atoms with Crippen molar-refractivity contribution in [3.8, 4) is 0 Å². The quantitative estimate of drug-likeness (QED) is 0.676. The zero-order valence-corrected chi connectivity index (χ0v) is 8.08. The molecule has 1 fully saturated rings. The van der Waals surface area contributed by atoms with Crippen molar-refractivity contribution in [1.29, 1.82) is 0 Å². The second-order valence-corrected chi connectivity index (χ2v) is 4.37. The number of rotatable bonds is 3. The molecule has 0 spiro atoms. The highest BCUT2D eigenvalue weighted by molar-refractivity contribution is 4.91. The Morgan fingerprint density at radius 3 is 2.08 bits per heavy atom. The van der Waals surface area contributed by atoms with Gasteiger partial charge < -0.3 is 10.2 Å². The smallest absolute Gasteiger partial charge is 0.0509 e. The molecule has 1 rings (SSSR count). The van der Waals surface area contributed by atoms with E-state index in [4.69, 9.17) is 0 Å². The summed E-state index contributed by atoms with van der Waals surface area (Å²) in [5, 5.41) is 18.4. The largest absolute Gasteiger partial charge is 0.396 e. The summed E-state index contributed by atoms with van der Waals surface area (Å²) in [4.78, 5) is 0. The zero-order chi connectivity index (χ0) is 9.19. The van der Waals surface area contributed by atoms with Gasteiger partial charge in [-0.15, -0.1) is 0 Å². The standard InChI is InChI=1S/C10H20O2/c1-3-9-5-10(6-11,7-12)4-8(9)2/h8-9,11-12H,3-7H2,1-2H3/t8-,9+/m1/s1. The Bertz CT molecular complexity index is 141. The third-order valence-corrected chi connectivity index (χ3v) is 3.45. The predicted molar refractivity (Wildman–Crippen MR) is 48.8 cm³/mol. The van der Waals surface area contributed by atoms with Gasteiger partial charge in [0.2, 0.25) is 0 Å². The van der Waals surface area contributed by atoms with Crippen molar-refractivity contribution in [3.05, 3.63) is 0 Å². The van der Waals surface area contributed by atoms with Crippen molar-refractivity contribution < 1.29 is 10.2 Å². The molecule has 1 saturated carbocycles. The first kappa shape index (κ1) is 10.0. The first-order valence-corrected chi connectivity index (χ1v) is 4.89. The van der Waals surface area contributed by atoms with Crippen molar-refractivity contribution in [2.75, 3.05) is 13.2 Å². The van der Waals surface area contributed by atoms with E-state index in [9.17, 15) is 10.2 Å². The van der Waals surface area contributed by atoms with Crippen LogP contribution < -0.4 is 0 Å². The SMILES string of the molecule is CC[C@H]1CC(CO)(CO)C[C@H]1C. The lowest BCUT2D eigenvalue weighted by Crippen LogP contribution is -2.26. The second-order valence-electron chi connectivity index (χ2n) is 4.37. The molecule has 0 amide bonds. The van der Waals surface area contributed by atoms with Crippen LogP contribution >= 0.6 is 0 Å². The fourth-order valence-electron chi connectivity index (χ4n) is 2.55. The van der Waals surface area contributed by atoms with Crippen LogP contribution in [0.2, 0.25) is 0 Å². The minimum atomic E-state index is -0.167. The van der Waals surface area contributed by atoms with Crippen LogP contribution in [0.1, 0.15) is 33.1 Å². The highest BCUT2D eigenvalue weighted by atomic mass is 16.3. The first-order chi connectivity index (χ1) is 5.67. The fraction of sp³-hybridized carbons (Fsp3) is 1.00. The normalized spacial score (nSPS) is 34.0. The number of hydrogen-bond donors (Lipinski definition) is 2. The van der Waals surface area contributed by atoms with E-state index >= 15 is 0 Å². The van der Waals surface area contributed by atoms with E-state index in [-0.39, 0.29) is 18.6 Å². The maximum Gasteiger partial charge on any atom is 0.0509 e. The molecule has 2 nitrogen and oxygen atoms in total. The van der Waals surface area contributed by atoms with Crippen LogP contribution in [-0.2, 0) is 0 Å². The van der Waals surface area contributed by atoms with Gasteiger partial charge in [-0.05, 0) is 24.7 Å². The Kier molecular flexibility index (Phi) is 3.13. The molecular weight excluding hydrogens is 152 g/mol. The molecule has 72 valence electrons. The molecule has 12 heavy (non-hydrogen) atoms. The van der Waals surface area contributed by atoms with Gasteiger partial charge >= 0.3 is 0 Å². The summed E-state index contributed by atoms with van der Waals surface area (Å²) < 4.78 is 0.